The summed E-state index contributed by atoms with van der Waals surface area (Å²) in [5, 5.41) is 0. The predicted octanol–water partition coefficient (Wildman–Crippen LogP) is 6.74. The average Bonchev–Trinajstić information content (AvgIpc) is 2.72. The Hall–Kier alpha value is -1.31. The van der Waals surface area contributed by atoms with Crippen LogP contribution in [0.3, 0.4) is 0 Å². The molecule has 0 aromatic heterocycles. The van der Waals surface area contributed by atoms with Gasteiger partial charge in [-0.2, -0.15) is 0 Å². The molecule has 148 valence electrons. The van der Waals surface area contributed by atoms with Gasteiger partial charge in [0, 0.05) is 0 Å². The van der Waals surface area contributed by atoms with Crippen molar-refractivity contribution in [2.24, 2.45) is 29.6 Å². The van der Waals surface area contributed by atoms with Crippen LogP contribution in [0.2, 0.25) is 0 Å². The van der Waals surface area contributed by atoms with Gasteiger partial charge in [-0.1, -0.05) is 38.5 Å². The second kappa shape index (κ2) is 8.37. The summed E-state index contributed by atoms with van der Waals surface area (Å²) in [5.41, 5.74) is 2.14. The fourth-order valence-corrected chi connectivity index (χ4v) is 6.30. The van der Waals surface area contributed by atoms with E-state index < -0.39 is 0 Å². The number of ether oxygens (including phenoxy) is 1. The van der Waals surface area contributed by atoms with E-state index in [1.165, 1.54) is 50.5 Å². The topological polar surface area (TPSA) is 9.23 Å². The number of benzene rings is 1. The molecule has 0 radical (unpaired) electrons. The fourth-order valence-electron chi connectivity index (χ4n) is 6.30. The highest BCUT2D eigenvalue weighted by Crippen LogP contribution is 2.49. The lowest BCUT2D eigenvalue weighted by Gasteiger charge is -2.45. The van der Waals surface area contributed by atoms with E-state index in [1.54, 1.807) is 6.08 Å². The molecule has 0 saturated heterocycles. The van der Waals surface area contributed by atoms with Crippen molar-refractivity contribution in [2.45, 2.75) is 71.1 Å². The number of hydrogen-bond donors (Lipinski definition) is 0. The van der Waals surface area contributed by atoms with Gasteiger partial charge in [0.25, 0.3) is 0 Å². The summed E-state index contributed by atoms with van der Waals surface area (Å²) >= 11 is 0. The number of hydrogen-bond acceptors (Lipinski definition) is 1. The molecule has 0 aliphatic heterocycles. The molecule has 0 bridgehead atoms. The lowest BCUT2D eigenvalue weighted by atomic mass is 9.61. The van der Waals surface area contributed by atoms with E-state index in [0.717, 1.165) is 54.4 Å². The molecule has 0 N–H and O–H groups in total. The Kier molecular flexibility index (Phi) is 5.90. The Labute approximate surface area is 164 Å². The molecule has 5 atom stereocenters. The highest BCUT2D eigenvalue weighted by atomic mass is 19.1. The van der Waals surface area contributed by atoms with Gasteiger partial charge in [-0.25, -0.2) is 4.39 Å². The number of rotatable bonds is 5. The van der Waals surface area contributed by atoms with Gasteiger partial charge in [-0.05, 0) is 98.1 Å². The van der Waals surface area contributed by atoms with E-state index in [0.29, 0.717) is 12.4 Å². The molecule has 0 amide bonds. The third-order valence-corrected chi connectivity index (χ3v) is 7.91. The zero-order valence-electron chi connectivity index (χ0n) is 16.9. The highest BCUT2D eigenvalue weighted by Gasteiger charge is 2.38. The quantitative estimate of drug-likeness (QED) is 0.522. The Balaban J connectivity index is 1.40. The zero-order chi connectivity index (χ0) is 18.8. The lowest BCUT2D eigenvalue weighted by Crippen LogP contribution is -2.35. The second-order valence-corrected chi connectivity index (χ2v) is 9.30. The van der Waals surface area contributed by atoms with Gasteiger partial charge in [-0.15, -0.1) is 0 Å². The Morgan fingerprint density at radius 1 is 1.04 bits per heavy atom. The molecular weight excluding hydrogens is 335 g/mol. The van der Waals surface area contributed by atoms with Crippen LogP contribution < -0.4 is 4.74 Å². The second-order valence-electron chi connectivity index (χ2n) is 9.30. The van der Waals surface area contributed by atoms with Crippen molar-refractivity contribution in [1.82, 2.24) is 0 Å². The van der Waals surface area contributed by atoms with Gasteiger partial charge in [0.15, 0.2) is 11.6 Å². The molecule has 2 heteroatoms. The molecule has 3 aliphatic rings. The molecule has 3 aliphatic carbocycles. The van der Waals surface area contributed by atoms with Crippen LogP contribution in [0.4, 0.5) is 4.39 Å². The van der Waals surface area contributed by atoms with Crippen LogP contribution in [0.1, 0.15) is 69.4 Å². The minimum Gasteiger partial charge on any atom is -0.486 e. The molecule has 27 heavy (non-hydrogen) atoms. The first-order valence-electron chi connectivity index (χ1n) is 11.2. The zero-order valence-corrected chi connectivity index (χ0v) is 16.9. The van der Waals surface area contributed by atoms with Crippen LogP contribution in [-0.4, -0.2) is 6.61 Å². The average molecular weight is 371 g/mol. The third kappa shape index (κ3) is 3.96. The predicted molar refractivity (Wildman–Crippen MR) is 110 cm³/mol. The van der Waals surface area contributed by atoms with Crippen LogP contribution in [-0.2, 0) is 12.8 Å². The van der Waals surface area contributed by atoms with Crippen molar-refractivity contribution in [3.8, 4) is 5.75 Å². The van der Waals surface area contributed by atoms with Gasteiger partial charge >= 0.3 is 0 Å². The largest absolute Gasteiger partial charge is 0.486 e. The van der Waals surface area contributed by atoms with Gasteiger partial charge in [0.1, 0.15) is 6.61 Å². The van der Waals surface area contributed by atoms with E-state index >= 15 is 0 Å². The minimum absolute atomic E-state index is 0.130. The molecule has 1 nitrogen and oxygen atoms in total. The van der Waals surface area contributed by atoms with Crippen LogP contribution in [0, 0.1) is 35.4 Å². The summed E-state index contributed by atoms with van der Waals surface area (Å²) in [6.07, 6.45) is 14.8. The summed E-state index contributed by atoms with van der Waals surface area (Å²) in [4.78, 5) is 0. The Bertz CT molecular complexity index is 667. The van der Waals surface area contributed by atoms with Gasteiger partial charge in [0.05, 0.1) is 0 Å². The molecule has 2 fully saturated rings. The fraction of sp³-hybridized carbons (Fsp3) is 0.680. The van der Waals surface area contributed by atoms with Crippen molar-refractivity contribution < 1.29 is 9.13 Å². The van der Waals surface area contributed by atoms with Crippen LogP contribution >= 0.6 is 0 Å². The summed E-state index contributed by atoms with van der Waals surface area (Å²) < 4.78 is 20.3. The first-order chi connectivity index (χ1) is 13.2. The smallest absolute Gasteiger partial charge is 0.168 e. The van der Waals surface area contributed by atoms with Crippen LogP contribution in [0.25, 0.3) is 0 Å². The van der Waals surface area contributed by atoms with Crippen LogP contribution in [0.5, 0.6) is 5.75 Å². The number of fused-ring (bicyclic) bond motifs is 2. The first kappa shape index (κ1) is 19.0. The standard InChI is InChI=1S/C25H35FO/c1-3-13-27-24-12-10-22-16-21(9-11-23(22)25(24)26)20-8-7-18-14-17(4-2)5-6-19(18)15-20/h3,10,12,17-21H,1,4-9,11,13-16H2,2H3. The molecule has 1 aromatic rings. The van der Waals surface area contributed by atoms with Crippen molar-refractivity contribution >= 4 is 0 Å². The third-order valence-electron chi connectivity index (χ3n) is 7.91. The minimum atomic E-state index is -0.130. The van der Waals surface area contributed by atoms with Crippen molar-refractivity contribution in [2.75, 3.05) is 6.61 Å². The first-order valence-corrected chi connectivity index (χ1v) is 11.2. The van der Waals surface area contributed by atoms with E-state index in [9.17, 15) is 4.39 Å². The molecule has 0 heterocycles. The van der Waals surface area contributed by atoms with E-state index in [4.69, 9.17) is 4.74 Å². The van der Waals surface area contributed by atoms with Gasteiger partial charge in [0.2, 0.25) is 0 Å². The maximum Gasteiger partial charge on any atom is 0.168 e. The molecule has 5 unspecified atom stereocenters. The summed E-state index contributed by atoms with van der Waals surface area (Å²) in [5.74, 6) is 4.83. The van der Waals surface area contributed by atoms with Crippen molar-refractivity contribution in [3.05, 3.63) is 41.7 Å². The lowest BCUT2D eigenvalue weighted by molar-refractivity contribution is 0.0707. The Morgan fingerprint density at radius 2 is 1.78 bits per heavy atom. The van der Waals surface area contributed by atoms with E-state index in [1.807, 2.05) is 6.07 Å². The van der Waals surface area contributed by atoms with Crippen LogP contribution in [0.15, 0.2) is 24.8 Å². The van der Waals surface area contributed by atoms with Crippen molar-refractivity contribution in [1.29, 1.82) is 0 Å². The van der Waals surface area contributed by atoms with Gasteiger partial charge in [-0.3, -0.25) is 0 Å². The number of halogens is 1. The van der Waals surface area contributed by atoms with Gasteiger partial charge < -0.3 is 4.74 Å². The van der Waals surface area contributed by atoms with Crippen molar-refractivity contribution in [3.63, 3.8) is 0 Å². The maximum absolute atomic E-state index is 14.8. The molecule has 4 rings (SSSR count). The SMILES string of the molecule is C=CCOc1ccc2c(c1F)CCC(C1CCC3CC(CC)CCC3C1)C2. The molecule has 2 saturated carbocycles. The summed E-state index contributed by atoms with van der Waals surface area (Å²) in [6, 6.07) is 3.93. The molecular formula is C25H35FO. The summed E-state index contributed by atoms with van der Waals surface area (Å²) in [7, 11) is 0. The monoisotopic (exact) mass is 370 g/mol. The maximum atomic E-state index is 14.8. The summed E-state index contributed by atoms with van der Waals surface area (Å²) in [6.45, 7) is 6.37. The normalized spacial score (nSPS) is 33.0. The molecule has 0 spiro atoms. The van der Waals surface area contributed by atoms with E-state index in [2.05, 4.69) is 19.6 Å². The molecule has 1 aromatic carbocycles. The van der Waals surface area contributed by atoms with E-state index in [-0.39, 0.29) is 5.82 Å². The Morgan fingerprint density at radius 3 is 2.56 bits per heavy atom. The highest BCUT2D eigenvalue weighted by molar-refractivity contribution is 5.39.